The molecular formula is C25H36O4. The van der Waals surface area contributed by atoms with Gasteiger partial charge in [0.25, 0.3) is 0 Å². The average Bonchev–Trinajstić information content (AvgIpc) is 3.11. The van der Waals surface area contributed by atoms with Gasteiger partial charge < -0.3 is 14.2 Å². The van der Waals surface area contributed by atoms with Gasteiger partial charge in [-0.3, -0.25) is 0 Å². The number of carbonyl (C=O) groups is 1. The molecule has 4 nitrogen and oxygen atoms in total. The highest BCUT2D eigenvalue weighted by Crippen LogP contribution is 2.26. The summed E-state index contributed by atoms with van der Waals surface area (Å²) in [6, 6.07) is 10.3. The Labute approximate surface area is 176 Å². The van der Waals surface area contributed by atoms with Gasteiger partial charge in [-0.25, -0.2) is 4.79 Å². The van der Waals surface area contributed by atoms with E-state index in [4.69, 9.17) is 14.2 Å². The third-order valence-electron chi connectivity index (χ3n) is 5.15. The van der Waals surface area contributed by atoms with E-state index in [9.17, 15) is 4.79 Å². The van der Waals surface area contributed by atoms with Crippen molar-refractivity contribution in [2.75, 3.05) is 13.2 Å². The van der Waals surface area contributed by atoms with E-state index in [0.29, 0.717) is 6.61 Å². The minimum absolute atomic E-state index is 0.272. The molecule has 2 rings (SSSR count). The van der Waals surface area contributed by atoms with Gasteiger partial charge >= 0.3 is 6.16 Å². The smallest absolute Gasteiger partial charge is 0.429 e. The van der Waals surface area contributed by atoms with Gasteiger partial charge in [0.15, 0.2) is 0 Å². The molecular weight excluding hydrogens is 364 g/mol. The van der Waals surface area contributed by atoms with Crippen LogP contribution in [0.1, 0.15) is 83.1 Å². The molecule has 1 saturated heterocycles. The molecule has 0 radical (unpaired) electrons. The fourth-order valence-corrected chi connectivity index (χ4v) is 3.39. The van der Waals surface area contributed by atoms with Crippen LogP contribution >= 0.6 is 0 Å². The van der Waals surface area contributed by atoms with Crippen LogP contribution in [0.3, 0.4) is 0 Å². The van der Waals surface area contributed by atoms with E-state index in [-0.39, 0.29) is 6.61 Å². The van der Waals surface area contributed by atoms with Crippen molar-refractivity contribution in [1.82, 2.24) is 0 Å². The van der Waals surface area contributed by atoms with E-state index < -0.39 is 11.8 Å². The standard InChI is InChI=1S/C25H36O4/c1-2-3-4-13-18-25(22-28-24(26)29-25)19-14-8-6-5-7-9-15-20-27-21-23-16-11-10-12-17-23/h10-12,16-17H,2-9,14-15,19-22H2,1H3. The zero-order valence-corrected chi connectivity index (χ0v) is 17.9. The Morgan fingerprint density at radius 2 is 1.72 bits per heavy atom. The van der Waals surface area contributed by atoms with Crippen LogP contribution < -0.4 is 0 Å². The van der Waals surface area contributed by atoms with E-state index >= 15 is 0 Å². The molecule has 1 aliphatic rings. The van der Waals surface area contributed by atoms with Gasteiger partial charge in [0.05, 0.1) is 6.61 Å². The maximum absolute atomic E-state index is 11.4. The Bertz CT molecular complexity index is 631. The fourth-order valence-electron chi connectivity index (χ4n) is 3.39. The van der Waals surface area contributed by atoms with Crippen molar-refractivity contribution in [1.29, 1.82) is 0 Å². The number of ether oxygens (including phenoxy) is 3. The SMILES string of the molecule is CCCCC#CC1(CCCCCCCCCOCc2ccccc2)COC(=O)O1. The lowest BCUT2D eigenvalue weighted by atomic mass is 9.96. The van der Waals surface area contributed by atoms with E-state index in [2.05, 4.69) is 30.9 Å². The quantitative estimate of drug-likeness (QED) is 0.205. The van der Waals surface area contributed by atoms with E-state index in [0.717, 1.165) is 51.6 Å². The number of cyclic esters (lactones) is 2. The van der Waals surface area contributed by atoms with Crippen LogP contribution in [0.2, 0.25) is 0 Å². The zero-order chi connectivity index (χ0) is 20.6. The summed E-state index contributed by atoms with van der Waals surface area (Å²) >= 11 is 0. The molecule has 0 spiro atoms. The summed E-state index contributed by atoms with van der Waals surface area (Å²) in [6.45, 7) is 3.96. The van der Waals surface area contributed by atoms with Crippen molar-refractivity contribution in [3.8, 4) is 11.8 Å². The molecule has 1 unspecified atom stereocenters. The summed E-state index contributed by atoms with van der Waals surface area (Å²) in [7, 11) is 0. The topological polar surface area (TPSA) is 44.8 Å². The molecule has 29 heavy (non-hydrogen) atoms. The zero-order valence-electron chi connectivity index (χ0n) is 17.9. The van der Waals surface area contributed by atoms with Gasteiger partial charge in [-0.05, 0) is 24.8 Å². The minimum atomic E-state index is -0.707. The lowest BCUT2D eigenvalue weighted by molar-refractivity contribution is 0.0880. The molecule has 1 aromatic carbocycles. The minimum Gasteiger partial charge on any atom is -0.429 e. The third kappa shape index (κ3) is 9.85. The second-order valence-electron chi connectivity index (χ2n) is 7.80. The van der Waals surface area contributed by atoms with Gasteiger partial charge in [-0.2, -0.15) is 0 Å². The van der Waals surface area contributed by atoms with E-state index in [1.54, 1.807) is 0 Å². The normalized spacial score (nSPS) is 18.0. The van der Waals surface area contributed by atoms with Gasteiger partial charge in [0, 0.05) is 19.4 Å². The Hall–Kier alpha value is -1.99. The van der Waals surface area contributed by atoms with Crippen LogP contribution in [0, 0.1) is 11.8 Å². The summed E-state index contributed by atoms with van der Waals surface area (Å²) in [6.07, 6.45) is 11.4. The highest BCUT2D eigenvalue weighted by molar-refractivity contribution is 5.63. The van der Waals surface area contributed by atoms with Crippen molar-refractivity contribution in [2.45, 2.75) is 89.8 Å². The van der Waals surface area contributed by atoms with Crippen molar-refractivity contribution < 1.29 is 19.0 Å². The molecule has 0 amide bonds. The largest absolute Gasteiger partial charge is 0.510 e. The van der Waals surface area contributed by atoms with Crippen molar-refractivity contribution in [2.24, 2.45) is 0 Å². The third-order valence-corrected chi connectivity index (χ3v) is 5.15. The number of hydrogen-bond donors (Lipinski definition) is 0. The Kier molecular flexibility index (Phi) is 11.3. The van der Waals surface area contributed by atoms with Crippen LogP contribution in [0.5, 0.6) is 0 Å². The highest BCUT2D eigenvalue weighted by Gasteiger charge is 2.40. The predicted molar refractivity (Wildman–Crippen MR) is 115 cm³/mol. The van der Waals surface area contributed by atoms with Crippen LogP contribution in [0.25, 0.3) is 0 Å². The van der Waals surface area contributed by atoms with Gasteiger partial charge in [-0.1, -0.05) is 87.6 Å². The maximum atomic E-state index is 11.4. The predicted octanol–water partition coefficient (Wildman–Crippen LogP) is 6.42. The maximum Gasteiger partial charge on any atom is 0.510 e. The summed E-state index contributed by atoms with van der Waals surface area (Å²) in [5.74, 6) is 6.34. The van der Waals surface area contributed by atoms with Crippen LogP contribution in [-0.4, -0.2) is 25.0 Å². The second-order valence-corrected chi connectivity index (χ2v) is 7.80. The molecule has 1 aromatic rings. The molecule has 4 heteroatoms. The Morgan fingerprint density at radius 1 is 1.00 bits per heavy atom. The van der Waals surface area contributed by atoms with Crippen molar-refractivity contribution in [3.05, 3.63) is 35.9 Å². The van der Waals surface area contributed by atoms with Gasteiger partial charge in [0.1, 0.15) is 6.61 Å². The molecule has 0 aromatic heterocycles. The number of hydrogen-bond acceptors (Lipinski definition) is 4. The van der Waals surface area contributed by atoms with E-state index in [1.165, 1.54) is 31.2 Å². The van der Waals surface area contributed by atoms with Crippen molar-refractivity contribution >= 4 is 6.16 Å². The molecule has 1 heterocycles. The monoisotopic (exact) mass is 400 g/mol. The van der Waals surface area contributed by atoms with E-state index in [1.807, 2.05) is 18.2 Å². The summed E-state index contributed by atoms with van der Waals surface area (Å²) in [4.78, 5) is 11.4. The number of carbonyl (C=O) groups excluding carboxylic acids is 1. The van der Waals surface area contributed by atoms with Gasteiger partial charge in [0.2, 0.25) is 5.60 Å². The number of rotatable bonds is 14. The molecule has 160 valence electrons. The first-order valence-corrected chi connectivity index (χ1v) is 11.2. The average molecular weight is 401 g/mol. The molecule has 1 aliphatic heterocycles. The summed E-state index contributed by atoms with van der Waals surface area (Å²) < 4.78 is 16.1. The first-order valence-electron chi connectivity index (χ1n) is 11.2. The Morgan fingerprint density at radius 3 is 2.41 bits per heavy atom. The Balaban J connectivity index is 1.47. The van der Waals surface area contributed by atoms with Crippen LogP contribution in [-0.2, 0) is 20.8 Å². The number of unbranched alkanes of at least 4 members (excludes halogenated alkanes) is 8. The second kappa shape index (κ2) is 14.1. The first kappa shape index (κ1) is 23.3. The van der Waals surface area contributed by atoms with Crippen LogP contribution in [0.4, 0.5) is 4.79 Å². The lowest BCUT2D eigenvalue weighted by Crippen LogP contribution is -2.29. The highest BCUT2D eigenvalue weighted by atomic mass is 16.8. The molecule has 1 atom stereocenters. The number of benzene rings is 1. The van der Waals surface area contributed by atoms with Crippen LogP contribution in [0.15, 0.2) is 30.3 Å². The first-order chi connectivity index (χ1) is 14.2. The molecule has 0 bridgehead atoms. The van der Waals surface area contributed by atoms with Crippen molar-refractivity contribution in [3.63, 3.8) is 0 Å². The lowest BCUT2D eigenvalue weighted by Gasteiger charge is -2.18. The molecule has 0 saturated carbocycles. The molecule has 0 N–H and O–H groups in total. The summed E-state index contributed by atoms with van der Waals surface area (Å²) in [5.41, 5.74) is 0.527. The fraction of sp³-hybridized carbons (Fsp3) is 0.640. The van der Waals surface area contributed by atoms with Gasteiger partial charge in [-0.15, -0.1) is 0 Å². The molecule has 1 fully saturated rings. The molecule has 0 aliphatic carbocycles. The summed E-state index contributed by atoms with van der Waals surface area (Å²) in [5, 5.41) is 0.